The lowest BCUT2D eigenvalue weighted by molar-refractivity contribution is 0.352. The van der Waals surface area contributed by atoms with Gasteiger partial charge in [0.05, 0.1) is 8.07 Å². The van der Waals surface area contributed by atoms with Crippen molar-refractivity contribution in [3.05, 3.63) is 12.7 Å². The molecule has 0 aromatic rings. The van der Waals surface area contributed by atoms with E-state index in [9.17, 15) is 0 Å². The van der Waals surface area contributed by atoms with Crippen molar-refractivity contribution < 1.29 is 0 Å². The van der Waals surface area contributed by atoms with Crippen molar-refractivity contribution in [1.82, 2.24) is 4.90 Å². The molecule has 0 atom stereocenters. The summed E-state index contributed by atoms with van der Waals surface area (Å²) in [6.07, 6.45) is 3.35. The smallest absolute Gasteiger partial charge is 0.0523 e. The van der Waals surface area contributed by atoms with Crippen LogP contribution in [0.5, 0.6) is 0 Å². The third kappa shape index (κ3) is 7.02. The van der Waals surface area contributed by atoms with Crippen molar-refractivity contribution in [2.24, 2.45) is 0 Å². The summed E-state index contributed by atoms with van der Waals surface area (Å²) in [5, 5.41) is 0. The summed E-state index contributed by atoms with van der Waals surface area (Å²) in [5.74, 6) is 0. The van der Waals surface area contributed by atoms with Gasteiger partial charge in [-0.1, -0.05) is 26.1 Å². The van der Waals surface area contributed by atoms with E-state index in [1.54, 1.807) is 0 Å². The van der Waals surface area contributed by atoms with Gasteiger partial charge in [-0.15, -0.1) is 6.58 Å². The van der Waals surface area contributed by atoms with Gasteiger partial charge in [0.15, 0.2) is 0 Å². The molecule has 0 aliphatic rings. The Bertz CT molecular complexity index is 143. The molecule has 78 valence electrons. The van der Waals surface area contributed by atoms with E-state index in [0.717, 1.165) is 0 Å². The molecule has 0 fully saturated rings. The molecule has 13 heavy (non-hydrogen) atoms. The highest BCUT2D eigenvalue weighted by atomic mass is 28.3. The van der Waals surface area contributed by atoms with Gasteiger partial charge >= 0.3 is 0 Å². The third-order valence-corrected chi connectivity index (χ3v) is 5.44. The van der Waals surface area contributed by atoms with E-state index in [1.807, 2.05) is 0 Å². The number of rotatable bonds is 7. The highest BCUT2D eigenvalue weighted by Gasteiger charge is 2.18. The van der Waals surface area contributed by atoms with Gasteiger partial charge in [0.2, 0.25) is 0 Å². The van der Waals surface area contributed by atoms with E-state index in [0.29, 0.717) is 0 Å². The first-order valence-electron chi connectivity index (χ1n) is 5.31. The van der Waals surface area contributed by atoms with E-state index in [4.69, 9.17) is 0 Å². The maximum atomic E-state index is 3.83. The summed E-state index contributed by atoms with van der Waals surface area (Å²) < 4.78 is 0. The van der Waals surface area contributed by atoms with Crippen LogP contribution in [0.2, 0.25) is 25.2 Å². The molecule has 0 aliphatic carbocycles. The van der Waals surface area contributed by atoms with Crippen LogP contribution < -0.4 is 0 Å². The molecule has 2 heteroatoms. The van der Waals surface area contributed by atoms with Crippen molar-refractivity contribution in [1.29, 1.82) is 0 Å². The van der Waals surface area contributed by atoms with E-state index in [2.05, 4.69) is 44.6 Å². The molecule has 0 aromatic carbocycles. The Kier molecular flexibility index (Phi) is 6.34. The second-order valence-corrected chi connectivity index (χ2v) is 9.95. The van der Waals surface area contributed by atoms with Crippen LogP contribution in [-0.4, -0.2) is 33.1 Å². The normalized spacial score (nSPS) is 12.1. The predicted molar refractivity (Wildman–Crippen MR) is 65.1 cm³/mol. The Morgan fingerprint density at radius 2 is 1.92 bits per heavy atom. The van der Waals surface area contributed by atoms with Gasteiger partial charge in [0, 0.05) is 0 Å². The van der Waals surface area contributed by atoms with Gasteiger partial charge in [-0.25, -0.2) is 0 Å². The lowest BCUT2D eigenvalue weighted by Gasteiger charge is -2.24. The third-order valence-electron chi connectivity index (χ3n) is 2.47. The predicted octanol–water partition coefficient (Wildman–Crippen LogP) is 3.22. The molecule has 0 saturated carbocycles. The highest BCUT2D eigenvalue weighted by molar-refractivity contribution is 6.77. The van der Waals surface area contributed by atoms with Crippen molar-refractivity contribution in [3.63, 3.8) is 0 Å². The Labute approximate surface area is 84.8 Å². The quantitative estimate of drug-likeness (QED) is 0.449. The molecule has 0 N–H and O–H groups in total. The van der Waals surface area contributed by atoms with Crippen LogP contribution in [0.15, 0.2) is 12.7 Å². The Balaban J connectivity index is 3.66. The Morgan fingerprint density at radius 1 is 1.31 bits per heavy atom. The van der Waals surface area contributed by atoms with Crippen LogP contribution in [0.4, 0.5) is 0 Å². The summed E-state index contributed by atoms with van der Waals surface area (Å²) in [6, 6.07) is 2.66. The maximum absolute atomic E-state index is 3.83. The molecule has 0 radical (unpaired) electrons. The van der Waals surface area contributed by atoms with Gasteiger partial charge in [0.1, 0.15) is 0 Å². The molecule has 0 unspecified atom stereocenters. The summed E-state index contributed by atoms with van der Waals surface area (Å²) >= 11 is 0. The van der Waals surface area contributed by atoms with Gasteiger partial charge in [-0.2, -0.15) is 0 Å². The van der Waals surface area contributed by atoms with Crippen LogP contribution in [0.25, 0.3) is 0 Å². The SMILES string of the molecule is C=CC[Si](C)(C)CCN(C)CCC. The Morgan fingerprint density at radius 3 is 2.38 bits per heavy atom. The minimum Gasteiger partial charge on any atom is -0.307 e. The first kappa shape index (κ1) is 12.9. The molecule has 0 aromatic heterocycles. The molecule has 1 nitrogen and oxygen atoms in total. The zero-order valence-electron chi connectivity index (χ0n) is 9.77. The molecule has 0 aliphatic heterocycles. The highest BCUT2D eigenvalue weighted by Crippen LogP contribution is 2.15. The standard InChI is InChI=1S/C11H25NSi/c1-6-8-12(3)9-11-13(4,5)10-7-2/h7H,2,6,8-11H2,1,3-5H3. The molecule has 0 heterocycles. The van der Waals surface area contributed by atoms with Crippen molar-refractivity contribution >= 4 is 8.07 Å². The first-order chi connectivity index (χ1) is 6.02. The number of hydrogen-bond donors (Lipinski definition) is 0. The van der Waals surface area contributed by atoms with Gasteiger partial charge < -0.3 is 4.90 Å². The van der Waals surface area contributed by atoms with E-state index >= 15 is 0 Å². The Hall–Kier alpha value is -0.0831. The lowest BCUT2D eigenvalue weighted by atomic mass is 10.4. The summed E-state index contributed by atoms with van der Waals surface area (Å²) in [7, 11) is 1.27. The zero-order valence-corrected chi connectivity index (χ0v) is 10.8. The second-order valence-electron chi connectivity index (χ2n) is 4.71. The molecule has 0 saturated heterocycles. The van der Waals surface area contributed by atoms with Gasteiger partial charge in [-0.3, -0.25) is 0 Å². The molecule has 0 bridgehead atoms. The summed E-state index contributed by atoms with van der Waals surface area (Å²) in [5.41, 5.74) is 0. The van der Waals surface area contributed by atoms with Gasteiger partial charge in [-0.05, 0) is 38.6 Å². The largest absolute Gasteiger partial charge is 0.307 e. The zero-order chi connectivity index (χ0) is 10.3. The summed E-state index contributed by atoms with van der Waals surface area (Å²) in [4.78, 5) is 2.44. The number of nitrogens with zero attached hydrogens (tertiary/aromatic N) is 1. The van der Waals surface area contributed by atoms with E-state index in [1.165, 1.54) is 31.6 Å². The molecular weight excluding hydrogens is 174 g/mol. The molecular formula is C11H25NSi. The fraction of sp³-hybridized carbons (Fsp3) is 0.818. The van der Waals surface area contributed by atoms with Crippen molar-refractivity contribution in [2.45, 2.75) is 38.5 Å². The van der Waals surface area contributed by atoms with Gasteiger partial charge in [0.25, 0.3) is 0 Å². The van der Waals surface area contributed by atoms with Crippen LogP contribution in [0.3, 0.4) is 0 Å². The maximum Gasteiger partial charge on any atom is 0.0523 e. The van der Waals surface area contributed by atoms with Crippen LogP contribution >= 0.6 is 0 Å². The second kappa shape index (κ2) is 6.38. The number of hydrogen-bond acceptors (Lipinski definition) is 1. The molecule has 0 spiro atoms. The minimum atomic E-state index is -0.955. The van der Waals surface area contributed by atoms with Crippen LogP contribution in [0.1, 0.15) is 13.3 Å². The monoisotopic (exact) mass is 199 g/mol. The van der Waals surface area contributed by atoms with E-state index < -0.39 is 8.07 Å². The lowest BCUT2D eigenvalue weighted by Crippen LogP contribution is -2.31. The fourth-order valence-electron chi connectivity index (χ4n) is 1.48. The van der Waals surface area contributed by atoms with Crippen molar-refractivity contribution in [3.8, 4) is 0 Å². The van der Waals surface area contributed by atoms with Crippen LogP contribution in [0, 0.1) is 0 Å². The van der Waals surface area contributed by atoms with E-state index in [-0.39, 0.29) is 0 Å². The molecule has 0 rings (SSSR count). The fourth-order valence-corrected chi connectivity index (χ4v) is 3.45. The summed E-state index contributed by atoms with van der Waals surface area (Å²) in [6.45, 7) is 13.5. The topological polar surface area (TPSA) is 3.24 Å². The number of allylic oxidation sites excluding steroid dienone is 1. The minimum absolute atomic E-state index is 0.955. The first-order valence-corrected chi connectivity index (χ1v) is 8.72. The van der Waals surface area contributed by atoms with Crippen molar-refractivity contribution in [2.75, 3.05) is 20.1 Å². The van der Waals surface area contributed by atoms with Crippen LogP contribution in [-0.2, 0) is 0 Å². The average Bonchev–Trinajstić information content (AvgIpc) is 2.02. The average molecular weight is 199 g/mol. The molecule has 0 amide bonds.